The fourth-order valence-electron chi connectivity index (χ4n) is 1.17. The molecule has 0 saturated carbocycles. The second kappa shape index (κ2) is 6.22. The molecule has 1 aromatic rings. The third kappa shape index (κ3) is 4.51. The minimum absolute atomic E-state index is 0.222. The van der Waals surface area contributed by atoms with E-state index >= 15 is 0 Å². The maximum absolute atomic E-state index is 12.9. The topological polar surface area (TPSA) is 32.3 Å². The minimum atomic E-state index is -2.77. The van der Waals surface area contributed by atoms with Crippen LogP contribution >= 0.6 is 15.9 Å². The first-order chi connectivity index (χ1) is 7.49. The number of hydrogen-bond donors (Lipinski definition) is 2. The van der Waals surface area contributed by atoms with Gasteiger partial charge in [-0.3, -0.25) is 0 Å². The molecule has 1 rings (SSSR count). The van der Waals surface area contributed by atoms with Crippen LogP contribution in [0.3, 0.4) is 0 Å². The van der Waals surface area contributed by atoms with Gasteiger partial charge in [-0.2, -0.15) is 0 Å². The molecule has 1 aromatic carbocycles. The van der Waals surface area contributed by atoms with Crippen LogP contribution in [0.5, 0.6) is 0 Å². The van der Waals surface area contributed by atoms with Crippen molar-refractivity contribution in [3.8, 4) is 0 Å². The molecule has 0 aliphatic carbocycles. The lowest BCUT2D eigenvalue weighted by atomic mass is 10.2. The van der Waals surface area contributed by atoms with Gasteiger partial charge in [0.25, 0.3) is 6.43 Å². The van der Waals surface area contributed by atoms with E-state index in [1.54, 1.807) is 6.07 Å². The van der Waals surface area contributed by atoms with E-state index in [0.717, 1.165) is 0 Å². The van der Waals surface area contributed by atoms with Crippen molar-refractivity contribution >= 4 is 15.9 Å². The molecule has 90 valence electrons. The minimum Gasteiger partial charge on any atom is -0.386 e. The predicted molar refractivity (Wildman–Crippen MR) is 57.8 cm³/mol. The summed E-state index contributed by atoms with van der Waals surface area (Å²) in [6.45, 7) is -0.00800. The number of nitrogens with one attached hydrogen (secondary N) is 1. The summed E-state index contributed by atoms with van der Waals surface area (Å²) in [6.07, 6.45) is -4.47. The van der Waals surface area contributed by atoms with Crippen molar-refractivity contribution in [2.45, 2.75) is 19.1 Å². The fraction of sp³-hybridized carbons (Fsp3) is 0.400. The Kier molecular flexibility index (Phi) is 5.24. The van der Waals surface area contributed by atoms with Gasteiger partial charge in [-0.1, -0.05) is 15.9 Å². The zero-order valence-electron chi connectivity index (χ0n) is 8.26. The lowest BCUT2D eigenvalue weighted by Crippen LogP contribution is -2.31. The highest BCUT2D eigenvalue weighted by Crippen LogP contribution is 2.14. The lowest BCUT2D eigenvalue weighted by Gasteiger charge is -2.10. The molecule has 1 atom stereocenters. The molecular formula is C10H11BrF3NO. The summed E-state index contributed by atoms with van der Waals surface area (Å²) in [6, 6.07) is 4.27. The van der Waals surface area contributed by atoms with E-state index in [1.165, 1.54) is 12.1 Å². The summed E-state index contributed by atoms with van der Waals surface area (Å²) in [5.74, 6) is -0.402. The zero-order valence-corrected chi connectivity index (χ0v) is 9.85. The smallest absolute Gasteiger partial charge is 0.265 e. The Balaban J connectivity index is 2.43. The third-order valence-electron chi connectivity index (χ3n) is 1.90. The van der Waals surface area contributed by atoms with Gasteiger partial charge in [0.2, 0.25) is 0 Å². The van der Waals surface area contributed by atoms with Crippen LogP contribution in [-0.4, -0.2) is 24.2 Å². The van der Waals surface area contributed by atoms with E-state index in [4.69, 9.17) is 5.11 Å². The molecule has 0 spiro atoms. The van der Waals surface area contributed by atoms with E-state index in [9.17, 15) is 13.2 Å². The Morgan fingerprint density at radius 3 is 2.56 bits per heavy atom. The first-order valence-corrected chi connectivity index (χ1v) is 5.40. The Morgan fingerprint density at radius 2 is 2.00 bits per heavy atom. The van der Waals surface area contributed by atoms with Crippen molar-refractivity contribution in [3.63, 3.8) is 0 Å². The first-order valence-electron chi connectivity index (χ1n) is 4.61. The van der Waals surface area contributed by atoms with Crippen molar-refractivity contribution in [3.05, 3.63) is 34.1 Å². The maximum Gasteiger partial charge on any atom is 0.265 e. The van der Waals surface area contributed by atoms with Crippen molar-refractivity contribution in [2.75, 3.05) is 6.54 Å². The standard InChI is InChI=1S/C10H11BrF3NO/c11-7-1-6(2-8(12)3-7)4-15-5-9(16)10(13)14/h1-3,9-10,15-16H,4-5H2. The average molecular weight is 298 g/mol. The van der Waals surface area contributed by atoms with Gasteiger partial charge in [0, 0.05) is 17.6 Å². The van der Waals surface area contributed by atoms with Gasteiger partial charge >= 0.3 is 0 Å². The molecule has 2 N–H and O–H groups in total. The number of aliphatic hydroxyl groups excluding tert-OH is 1. The molecule has 2 nitrogen and oxygen atoms in total. The van der Waals surface area contributed by atoms with Gasteiger partial charge < -0.3 is 10.4 Å². The van der Waals surface area contributed by atoms with Crippen LogP contribution in [-0.2, 0) is 6.54 Å². The van der Waals surface area contributed by atoms with Crippen molar-refractivity contribution in [1.29, 1.82) is 0 Å². The molecule has 6 heteroatoms. The largest absolute Gasteiger partial charge is 0.386 e. The number of rotatable bonds is 5. The van der Waals surface area contributed by atoms with Crippen LogP contribution in [0.25, 0.3) is 0 Å². The van der Waals surface area contributed by atoms with Crippen LogP contribution < -0.4 is 5.32 Å². The molecule has 0 bridgehead atoms. The highest BCUT2D eigenvalue weighted by Gasteiger charge is 2.15. The summed E-state index contributed by atoms with van der Waals surface area (Å²) < 4.78 is 37.3. The van der Waals surface area contributed by atoms with Crippen LogP contribution in [0, 0.1) is 5.82 Å². The second-order valence-electron chi connectivity index (χ2n) is 3.31. The van der Waals surface area contributed by atoms with Crippen LogP contribution in [0.1, 0.15) is 5.56 Å². The number of aliphatic hydroxyl groups is 1. The van der Waals surface area contributed by atoms with Crippen molar-refractivity contribution in [2.24, 2.45) is 0 Å². The molecule has 0 heterocycles. The molecule has 0 saturated heterocycles. The zero-order chi connectivity index (χ0) is 12.1. The summed E-state index contributed by atoms with van der Waals surface area (Å²) in [5.41, 5.74) is 0.619. The van der Waals surface area contributed by atoms with Gasteiger partial charge in [-0.05, 0) is 23.8 Å². The van der Waals surface area contributed by atoms with E-state index < -0.39 is 18.3 Å². The Morgan fingerprint density at radius 1 is 1.31 bits per heavy atom. The molecule has 16 heavy (non-hydrogen) atoms. The van der Waals surface area contributed by atoms with Gasteiger partial charge in [-0.15, -0.1) is 0 Å². The summed E-state index contributed by atoms with van der Waals surface area (Å²) in [4.78, 5) is 0. The highest BCUT2D eigenvalue weighted by molar-refractivity contribution is 9.10. The Bertz CT molecular complexity index is 329. The van der Waals surface area contributed by atoms with Gasteiger partial charge in [0.05, 0.1) is 0 Å². The Hall–Kier alpha value is -0.590. The van der Waals surface area contributed by atoms with Crippen molar-refractivity contribution < 1.29 is 18.3 Å². The van der Waals surface area contributed by atoms with E-state index in [2.05, 4.69) is 21.2 Å². The molecular weight excluding hydrogens is 287 g/mol. The molecule has 0 aliphatic rings. The summed E-state index contributed by atoms with van der Waals surface area (Å²) >= 11 is 3.12. The summed E-state index contributed by atoms with van der Waals surface area (Å²) in [5, 5.41) is 11.4. The van der Waals surface area contributed by atoms with Gasteiger partial charge in [0.15, 0.2) is 0 Å². The monoisotopic (exact) mass is 297 g/mol. The van der Waals surface area contributed by atoms with E-state index in [0.29, 0.717) is 10.0 Å². The quantitative estimate of drug-likeness (QED) is 0.874. The number of benzene rings is 1. The van der Waals surface area contributed by atoms with E-state index in [1.807, 2.05) is 0 Å². The van der Waals surface area contributed by atoms with Crippen LogP contribution in [0.2, 0.25) is 0 Å². The average Bonchev–Trinajstić information content (AvgIpc) is 2.15. The van der Waals surface area contributed by atoms with Crippen LogP contribution in [0.15, 0.2) is 22.7 Å². The molecule has 0 aliphatic heterocycles. The Labute approximate surface area is 99.6 Å². The van der Waals surface area contributed by atoms with Gasteiger partial charge in [-0.25, -0.2) is 13.2 Å². The second-order valence-corrected chi connectivity index (χ2v) is 4.23. The summed E-state index contributed by atoms with van der Waals surface area (Å²) in [7, 11) is 0. The molecule has 1 unspecified atom stereocenters. The van der Waals surface area contributed by atoms with Gasteiger partial charge in [0.1, 0.15) is 11.9 Å². The predicted octanol–water partition coefficient (Wildman–Crippen LogP) is 2.30. The first kappa shape index (κ1) is 13.5. The SMILES string of the molecule is OC(CNCc1cc(F)cc(Br)c1)C(F)F. The molecule has 0 aromatic heterocycles. The highest BCUT2D eigenvalue weighted by atomic mass is 79.9. The molecule has 0 radical (unpaired) electrons. The molecule has 0 amide bonds. The molecule has 0 fully saturated rings. The normalized spacial score (nSPS) is 13.1. The number of alkyl halides is 2. The number of hydrogen-bond acceptors (Lipinski definition) is 2. The fourth-order valence-corrected chi connectivity index (χ4v) is 1.68. The van der Waals surface area contributed by atoms with E-state index in [-0.39, 0.29) is 13.1 Å². The lowest BCUT2D eigenvalue weighted by molar-refractivity contribution is -0.00341. The van der Waals surface area contributed by atoms with Crippen LogP contribution in [0.4, 0.5) is 13.2 Å². The third-order valence-corrected chi connectivity index (χ3v) is 2.35. The van der Waals surface area contributed by atoms with Crippen molar-refractivity contribution in [1.82, 2.24) is 5.32 Å². The number of halogens is 4. The maximum atomic E-state index is 12.9.